The summed E-state index contributed by atoms with van der Waals surface area (Å²) in [6.07, 6.45) is 0.00972. The van der Waals surface area contributed by atoms with E-state index in [4.69, 9.17) is 139 Å². The molecule has 0 nitrogen and oxygen atoms in total. The van der Waals surface area contributed by atoms with Gasteiger partial charge in [-0.1, -0.05) is 139 Å². The fraction of sp³-hybridized carbons (Fsp3) is 0.0588. The van der Waals surface area contributed by atoms with E-state index >= 15 is 0 Å². The second kappa shape index (κ2) is 9.34. The molecule has 0 aromatic heterocycles. The molecule has 154 valence electrons. The first kappa shape index (κ1) is 25.0. The van der Waals surface area contributed by atoms with Crippen LogP contribution in [0.1, 0.15) is 11.1 Å². The highest BCUT2D eigenvalue weighted by molar-refractivity contribution is 6.60. The lowest BCUT2D eigenvalue weighted by Gasteiger charge is -2.18. The molecule has 0 unspecified atom stereocenters. The van der Waals surface area contributed by atoms with Gasteiger partial charge < -0.3 is 0 Å². The Kier molecular flexibility index (Phi) is 8.06. The van der Waals surface area contributed by atoms with Crippen LogP contribution in [0.4, 0.5) is 0 Å². The fourth-order valence-electron chi connectivity index (χ4n) is 2.67. The molecule has 29 heavy (non-hydrogen) atoms. The maximum Gasteiger partial charge on any atom is 0.0809 e. The third-order valence-electron chi connectivity index (χ3n) is 4.08. The number of halogens is 12. The Bertz CT molecular complexity index is 1170. The van der Waals surface area contributed by atoms with Crippen molar-refractivity contribution in [2.45, 2.75) is 6.42 Å². The fourth-order valence-corrected chi connectivity index (χ4v) is 6.08. The zero-order chi connectivity index (χ0) is 21.9. The SMILES string of the molecule is Clc1c(Cl)c(Cl)c(Cc2c(Cl)c(Cl)c3c(Cl)c(Cl)c(Cl)c(Cl)c3c2Cl)c(Cl)c1Cl. The van der Waals surface area contributed by atoms with Gasteiger partial charge in [0.05, 0.1) is 60.3 Å². The van der Waals surface area contributed by atoms with Crippen molar-refractivity contribution < 1.29 is 0 Å². The van der Waals surface area contributed by atoms with Gasteiger partial charge in [-0.05, 0) is 11.1 Å². The summed E-state index contributed by atoms with van der Waals surface area (Å²) in [5.74, 6) is 0. The average Bonchev–Trinajstić information content (AvgIpc) is 2.69. The van der Waals surface area contributed by atoms with Crippen molar-refractivity contribution >= 4 is 150 Å². The van der Waals surface area contributed by atoms with Crippen molar-refractivity contribution in [3.05, 3.63) is 71.4 Å². The minimum atomic E-state index is 0.00972. The van der Waals surface area contributed by atoms with Crippen molar-refractivity contribution in [2.24, 2.45) is 0 Å². The van der Waals surface area contributed by atoms with E-state index in [-0.39, 0.29) is 77.5 Å². The average molecular weight is 632 g/mol. The van der Waals surface area contributed by atoms with Crippen molar-refractivity contribution in [1.82, 2.24) is 0 Å². The maximum atomic E-state index is 6.62. The van der Waals surface area contributed by atoms with Crippen molar-refractivity contribution in [2.75, 3.05) is 0 Å². The van der Waals surface area contributed by atoms with Crippen LogP contribution in [0.2, 0.25) is 60.3 Å². The first-order chi connectivity index (χ1) is 13.4. The van der Waals surface area contributed by atoms with E-state index < -0.39 is 0 Å². The first-order valence-corrected chi connectivity index (χ1v) is 11.8. The lowest BCUT2D eigenvalue weighted by Crippen LogP contribution is -1.98. The van der Waals surface area contributed by atoms with Gasteiger partial charge in [0, 0.05) is 17.2 Å². The highest BCUT2D eigenvalue weighted by atomic mass is 35.5. The summed E-state index contributed by atoms with van der Waals surface area (Å²) in [7, 11) is 0. The minimum Gasteiger partial charge on any atom is -0.0832 e. The summed E-state index contributed by atoms with van der Waals surface area (Å²) in [6.45, 7) is 0. The molecule has 3 aromatic rings. The van der Waals surface area contributed by atoms with Gasteiger partial charge in [0.2, 0.25) is 0 Å². The van der Waals surface area contributed by atoms with Crippen LogP contribution >= 0.6 is 139 Å². The van der Waals surface area contributed by atoms with Crippen LogP contribution in [-0.2, 0) is 6.42 Å². The van der Waals surface area contributed by atoms with Gasteiger partial charge in [-0.15, -0.1) is 0 Å². The molecule has 0 saturated heterocycles. The Morgan fingerprint density at radius 1 is 0.276 bits per heavy atom. The molecule has 12 heteroatoms. The molecule has 3 rings (SSSR count). The zero-order valence-electron chi connectivity index (χ0n) is 13.2. The minimum absolute atomic E-state index is 0.00972. The van der Waals surface area contributed by atoms with Crippen LogP contribution in [0.25, 0.3) is 10.8 Å². The standard InChI is InChI=1S/C17H2Cl12/c18-6-2(1-3-8(20)13(25)17(29)14(26)9(3)21)7(19)10(22)5-4(6)11(23)15(27)16(28)12(5)24/h1H2. The molecule has 3 aromatic carbocycles. The number of benzene rings is 3. The predicted molar refractivity (Wildman–Crippen MR) is 133 cm³/mol. The largest absolute Gasteiger partial charge is 0.0832 e. The van der Waals surface area contributed by atoms with Crippen LogP contribution < -0.4 is 0 Å². The Hall–Kier alpha value is 1.40. The van der Waals surface area contributed by atoms with Crippen LogP contribution in [0, 0.1) is 0 Å². The van der Waals surface area contributed by atoms with Crippen LogP contribution in [0.5, 0.6) is 0 Å². The van der Waals surface area contributed by atoms with Crippen molar-refractivity contribution in [1.29, 1.82) is 0 Å². The molecule has 0 bridgehead atoms. The number of hydrogen-bond donors (Lipinski definition) is 0. The number of rotatable bonds is 2. The van der Waals surface area contributed by atoms with Gasteiger partial charge in [0.25, 0.3) is 0 Å². The van der Waals surface area contributed by atoms with Gasteiger partial charge in [-0.3, -0.25) is 0 Å². The molecule has 0 atom stereocenters. The molecule has 0 radical (unpaired) electrons. The molecule has 0 aliphatic rings. The van der Waals surface area contributed by atoms with Crippen LogP contribution in [-0.4, -0.2) is 0 Å². The summed E-state index contributed by atoms with van der Waals surface area (Å²) in [5, 5.41) is 1.27. The lowest BCUT2D eigenvalue weighted by atomic mass is 10.00. The summed E-state index contributed by atoms with van der Waals surface area (Å²) < 4.78 is 0. The summed E-state index contributed by atoms with van der Waals surface area (Å²) in [5.41, 5.74) is 0.690. The summed E-state index contributed by atoms with van der Waals surface area (Å²) in [4.78, 5) is 0. The van der Waals surface area contributed by atoms with E-state index in [1.807, 2.05) is 0 Å². The van der Waals surface area contributed by atoms with E-state index in [9.17, 15) is 0 Å². The van der Waals surface area contributed by atoms with Crippen molar-refractivity contribution in [3.8, 4) is 0 Å². The monoisotopic (exact) mass is 626 g/mol. The second-order valence-corrected chi connectivity index (χ2v) is 10.2. The normalized spacial score (nSPS) is 11.6. The Labute approximate surface area is 225 Å². The number of fused-ring (bicyclic) bond motifs is 1. The molecule has 0 amide bonds. The molecule has 0 N–H and O–H groups in total. The third kappa shape index (κ3) is 4.10. The van der Waals surface area contributed by atoms with Gasteiger partial charge >= 0.3 is 0 Å². The Balaban J connectivity index is 2.40. The van der Waals surface area contributed by atoms with Crippen LogP contribution in [0.3, 0.4) is 0 Å². The smallest absolute Gasteiger partial charge is 0.0809 e. The quantitative estimate of drug-likeness (QED) is 0.195. The molecule has 0 saturated carbocycles. The molecule has 0 heterocycles. The molecular formula is C17H2Cl12. The Morgan fingerprint density at radius 3 is 0.966 bits per heavy atom. The van der Waals surface area contributed by atoms with Crippen LogP contribution in [0.15, 0.2) is 0 Å². The van der Waals surface area contributed by atoms with Crippen molar-refractivity contribution in [3.63, 3.8) is 0 Å². The number of hydrogen-bond acceptors (Lipinski definition) is 0. The molecule has 0 spiro atoms. The third-order valence-corrected chi connectivity index (χ3v) is 9.55. The predicted octanol–water partition coefficient (Wildman–Crippen LogP) is 12.3. The topological polar surface area (TPSA) is 0 Å². The summed E-state index contributed by atoms with van der Waals surface area (Å²) in [6, 6.07) is 0. The van der Waals surface area contributed by atoms with E-state index in [1.165, 1.54) is 0 Å². The van der Waals surface area contributed by atoms with E-state index in [1.54, 1.807) is 0 Å². The zero-order valence-corrected chi connectivity index (χ0v) is 22.3. The second-order valence-electron chi connectivity index (χ2n) is 5.65. The molecule has 0 fully saturated rings. The highest BCUT2D eigenvalue weighted by Gasteiger charge is 2.27. The summed E-state index contributed by atoms with van der Waals surface area (Å²) >= 11 is 75.5. The van der Waals surface area contributed by atoms with Gasteiger partial charge in [-0.25, -0.2) is 0 Å². The van der Waals surface area contributed by atoms with Gasteiger partial charge in [0.1, 0.15) is 0 Å². The van der Waals surface area contributed by atoms with Gasteiger partial charge in [-0.2, -0.15) is 0 Å². The Morgan fingerprint density at radius 2 is 0.517 bits per heavy atom. The first-order valence-electron chi connectivity index (χ1n) is 7.22. The van der Waals surface area contributed by atoms with E-state index in [0.29, 0.717) is 11.1 Å². The van der Waals surface area contributed by atoms with E-state index in [2.05, 4.69) is 0 Å². The highest BCUT2D eigenvalue weighted by Crippen LogP contribution is 2.52. The molecule has 0 aliphatic carbocycles. The van der Waals surface area contributed by atoms with E-state index in [0.717, 1.165) is 0 Å². The lowest BCUT2D eigenvalue weighted by molar-refractivity contribution is 1.20. The van der Waals surface area contributed by atoms with Gasteiger partial charge in [0.15, 0.2) is 0 Å². The molecule has 0 aliphatic heterocycles. The molecular weight excluding hydrogens is 630 g/mol. The maximum absolute atomic E-state index is 6.62.